The Morgan fingerprint density at radius 1 is 1.33 bits per heavy atom. The Bertz CT molecular complexity index is 406. The summed E-state index contributed by atoms with van der Waals surface area (Å²) >= 11 is 0. The zero-order chi connectivity index (χ0) is 12.5. The first kappa shape index (κ1) is 11.8. The highest BCUT2D eigenvalue weighted by Crippen LogP contribution is 2.33. The minimum atomic E-state index is 0.547. The number of piperidine rings is 2. The summed E-state index contributed by atoms with van der Waals surface area (Å²) < 4.78 is 0. The van der Waals surface area contributed by atoms with Gasteiger partial charge in [0.2, 0.25) is 0 Å². The van der Waals surface area contributed by atoms with E-state index in [-0.39, 0.29) is 0 Å². The summed E-state index contributed by atoms with van der Waals surface area (Å²) in [6.07, 6.45) is 8.30. The first-order chi connectivity index (χ1) is 8.72. The van der Waals surface area contributed by atoms with Gasteiger partial charge in [0.25, 0.3) is 0 Å². The average molecular weight is 246 g/mol. The normalized spacial score (nSPS) is 32.2. The molecule has 1 aromatic rings. The number of nitrogens with one attached hydrogen (secondary N) is 1. The molecule has 3 heterocycles. The third kappa shape index (κ3) is 2.29. The smallest absolute Gasteiger partial charge is 0.128 e. The highest BCUT2D eigenvalue weighted by Gasteiger charge is 2.35. The summed E-state index contributed by atoms with van der Waals surface area (Å²) in [4.78, 5) is 6.92. The van der Waals surface area contributed by atoms with Gasteiger partial charge in [-0.3, -0.25) is 0 Å². The molecule has 3 N–H and O–H groups in total. The monoisotopic (exact) mass is 246 g/mol. The zero-order valence-corrected chi connectivity index (χ0v) is 11.0. The number of nitrogens with zero attached hydrogens (tertiary/aromatic N) is 2. The lowest BCUT2D eigenvalue weighted by molar-refractivity contribution is 0.0608. The Morgan fingerprint density at radius 2 is 2.06 bits per heavy atom. The van der Waals surface area contributed by atoms with E-state index in [1.165, 1.54) is 32.1 Å². The summed E-state index contributed by atoms with van der Waals surface area (Å²) in [5, 5.41) is 3.55. The van der Waals surface area contributed by atoms with Crippen LogP contribution in [-0.2, 0) is 0 Å². The number of nitrogen functional groups attached to an aromatic ring is 1. The van der Waals surface area contributed by atoms with Crippen molar-refractivity contribution >= 4 is 11.5 Å². The number of fused-ring (bicyclic) bond motifs is 2. The molecule has 0 saturated carbocycles. The molecule has 4 heteroatoms. The first-order valence-electron chi connectivity index (χ1n) is 6.92. The van der Waals surface area contributed by atoms with E-state index in [1.807, 2.05) is 12.1 Å². The van der Waals surface area contributed by atoms with Crippen molar-refractivity contribution < 1.29 is 0 Å². The van der Waals surface area contributed by atoms with Gasteiger partial charge in [0.05, 0.1) is 0 Å². The minimum Gasteiger partial charge on any atom is -0.399 e. The Kier molecular flexibility index (Phi) is 3.12. The first-order valence-corrected chi connectivity index (χ1v) is 6.92. The van der Waals surface area contributed by atoms with Crippen molar-refractivity contribution in [2.45, 2.75) is 50.2 Å². The van der Waals surface area contributed by atoms with Gasteiger partial charge in [0.15, 0.2) is 0 Å². The number of pyridine rings is 1. The maximum atomic E-state index is 5.79. The SMILES string of the molecule is CN1C2CCCC1CC(Nc1cc(N)ccn1)C2. The van der Waals surface area contributed by atoms with Crippen molar-refractivity contribution in [3.63, 3.8) is 0 Å². The van der Waals surface area contributed by atoms with Gasteiger partial charge in [-0.1, -0.05) is 6.42 Å². The van der Waals surface area contributed by atoms with Crippen LogP contribution >= 0.6 is 0 Å². The molecule has 0 aliphatic carbocycles. The molecule has 2 aliphatic heterocycles. The predicted octanol–water partition coefficient (Wildman–Crippen LogP) is 2.09. The molecule has 0 amide bonds. The van der Waals surface area contributed by atoms with Crippen LogP contribution in [0, 0.1) is 0 Å². The molecule has 4 nitrogen and oxygen atoms in total. The minimum absolute atomic E-state index is 0.547. The predicted molar refractivity (Wildman–Crippen MR) is 74.5 cm³/mol. The van der Waals surface area contributed by atoms with Crippen molar-refractivity contribution in [2.75, 3.05) is 18.1 Å². The maximum Gasteiger partial charge on any atom is 0.128 e. The van der Waals surface area contributed by atoms with E-state index in [2.05, 4.69) is 22.2 Å². The summed E-state index contributed by atoms with van der Waals surface area (Å²) in [6, 6.07) is 5.79. The van der Waals surface area contributed by atoms with Crippen LogP contribution in [0.5, 0.6) is 0 Å². The van der Waals surface area contributed by atoms with Crippen LogP contribution < -0.4 is 11.1 Å². The van der Waals surface area contributed by atoms with Crippen LogP contribution in [0.15, 0.2) is 18.3 Å². The average Bonchev–Trinajstić information content (AvgIpc) is 2.30. The molecule has 2 atom stereocenters. The lowest BCUT2D eigenvalue weighted by Gasteiger charge is -2.47. The molecule has 2 fully saturated rings. The molecule has 2 saturated heterocycles. The second-order valence-corrected chi connectivity index (χ2v) is 5.69. The molecule has 2 aliphatic rings. The maximum absolute atomic E-state index is 5.79. The largest absolute Gasteiger partial charge is 0.399 e. The Morgan fingerprint density at radius 3 is 2.72 bits per heavy atom. The number of hydrogen-bond acceptors (Lipinski definition) is 4. The van der Waals surface area contributed by atoms with Crippen LogP contribution in [0.25, 0.3) is 0 Å². The van der Waals surface area contributed by atoms with E-state index in [0.717, 1.165) is 23.6 Å². The second kappa shape index (κ2) is 4.76. The van der Waals surface area contributed by atoms with E-state index in [0.29, 0.717) is 6.04 Å². The summed E-state index contributed by atoms with van der Waals surface area (Å²) in [7, 11) is 2.28. The van der Waals surface area contributed by atoms with Gasteiger partial charge >= 0.3 is 0 Å². The molecule has 0 aromatic carbocycles. The molecule has 0 spiro atoms. The van der Waals surface area contributed by atoms with Crippen molar-refractivity contribution in [3.8, 4) is 0 Å². The van der Waals surface area contributed by atoms with Crippen molar-refractivity contribution in [3.05, 3.63) is 18.3 Å². The van der Waals surface area contributed by atoms with Crippen LogP contribution in [0.3, 0.4) is 0 Å². The van der Waals surface area contributed by atoms with E-state index in [1.54, 1.807) is 6.20 Å². The van der Waals surface area contributed by atoms with Crippen molar-refractivity contribution in [1.29, 1.82) is 0 Å². The van der Waals surface area contributed by atoms with E-state index in [9.17, 15) is 0 Å². The topological polar surface area (TPSA) is 54.2 Å². The summed E-state index contributed by atoms with van der Waals surface area (Å²) in [5.41, 5.74) is 6.57. The van der Waals surface area contributed by atoms with Gasteiger partial charge in [-0.15, -0.1) is 0 Å². The fourth-order valence-electron chi connectivity index (χ4n) is 3.47. The van der Waals surface area contributed by atoms with Gasteiger partial charge in [0.1, 0.15) is 5.82 Å². The highest BCUT2D eigenvalue weighted by molar-refractivity contribution is 5.48. The van der Waals surface area contributed by atoms with Gasteiger partial charge in [-0.05, 0) is 38.8 Å². The van der Waals surface area contributed by atoms with Crippen LogP contribution in [0.4, 0.5) is 11.5 Å². The van der Waals surface area contributed by atoms with Gasteiger partial charge < -0.3 is 16.0 Å². The third-order valence-electron chi connectivity index (χ3n) is 4.48. The molecule has 2 unspecified atom stereocenters. The van der Waals surface area contributed by atoms with Gasteiger partial charge in [-0.25, -0.2) is 4.98 Å². The van der Waals surface area contributed by atoms with Crippen LogP contribution in [0.1, 0.15) is 32.1 Å². The van der Waals surface area contributed by atoms with Crippen LogP contribution in [-0.4, -0.2) is 35.1 Å². The number of nitrogens with two attached hydrogens (primary N) is 1. The molecule has 0 radical (unpaired) electrons. The highest BCUT2D eigenvalue weighted by atomic mass is 15.2. The molecule has 3 rings (SSSR count). The zero-order valence-electron chi connectivity index (χ0n) is 11.0. The van der Waals surface area contributed by atoms with Crippen LogP contribution in [0.2, 0.25) is 0 Å². The summed E-state index contributed by atoms with van der Waals surface area (Å²) in [5.74, 6) is 0.919. The molecule has 98 valence electrons. The van der Waals surface area contributed by atoms with E-state index >= 15 is 0 Å². The third-order valence-corrected chi connectivity index (χ3v) is 4.48. The quantitative estimate of drug-likeness (QED) is 0.839. The Hall–Kier alpha value is -1.29. The second-order valence-electron chi connectivity index (χ2n) is 5.69. The van der Waals surface area contributed by atoms with Crippen molar-refractivity contribution in [2.24, 2.45) is 0 Å². The molecular weight excluding hydrogens is 224 g/mol. The lowest BCUT2D eigenvalue weighted by Crippen LogP contribution is -2.52. The molecular formula is C14H22N4. The number of anilines is 2. The van der Waals surface area contributed by atoms with Gasteiger partial charge in [0, 0.05) is 36.1 Å². The summed E-state index contributed by atoms with van der Waals surface area (Å²) in [6.45, 7) is 0. The molecule has 2 bridgehead atoms. The number of aromatic nitrogens is 1. The van der Waals surface area contributed by atoms with E-state index < -0.39 is 0 Å². The van der Waals surface area contributed by atoms with Crippen molar-refractivity contribution in [1.82, 2.24) is 9.88 Å². The molecule has 1 aromatic heterocycles. The van der Waals surface area contributed by atoms with Gasteiger partial charge in [-0.2, -0.15) is 0 Å². The van der Waals surface area contributed by atoms with E-state index in [4.69, 9.17) is 5.73 Å². The Balaban J connectivity index is 1.68. The number of rotatable bonds is 2. The number of hydrogen-bond donors (Lipinski definition) is 2. The standard InChI is InChI=1S/C14H22N4/c1-18-12-3-2-4-13(18)9-11(8-12)17-14-7-10(15)5-6-16-14/h5-7,11-13H,2-4,8-9H2,1H3,(H3,15,16,17). The molecule has 18 heavy (non-hydrogen) atoms. The lowest BCUT2D eigenvalue weighted by atomic mass is 9.82. The fourth-order valence-corrected chi connectivity index (χ4v) is 3.47. The Labute approximate surface area is 109 Å². The fraction of sp³-hybridized carbons (Fsp3) is 0.643.